The largest absolute Gasteiger partial charge is 0.468 e. The molecule has 0 amide bonds. The lowest BCUT2D eigenvalue weighted by molar-refractivity contribution is 0.223. The van der Waals surface area contributed by atoms with Crippen molar-refractivity contribution in [3.63, 3.8) is 0 Å². The van der Waals surface area contributed by atoms with Gasteiger partial charge in [-0.25, -0.2) is 0 Å². The van der Waals surface area contributed by atoms with Crippen molar-refractivity contribution in [1.29, 1.82) is 0 Å². The highest BCUT2D eigenvalue weighted by atomic mass is 16.3. The molecule has 1 saturated heterocycles. The van der Waals surface area contributed by atoms with Crippen LogP contribution in [0.1, 0.15) is 24.2 Å². The van der Waals surface area contributed by atoms with Crippen molar-refractivity contribution in [2.75, 3.05) is 26.7 Å². The van der Waals surface area contributed by atoms with Crippen molar-refractivity contribution in [2.24, 2.45) is 5.92 Å². The van der Waals surface area contributed by atoms with E-state index in [1.165, 1.54) is 31.5 Å². The van der Waals surface area contributed by atoms with Gasteiger partial charge in [-0.2, -0.15) is 0 Å². The van der Waals surface area contributed by atoms with E-state index in [4.69, 9.17) is 4.42 Å². The summed E-state index contributed by atoms with van der Waals surface area (Å²) >= 11 is 0. The Morgan fingerprint density at radius 1 is 1.56 bits per heavy atom. The van der Waals surface area contributed by atoms with E-state index in [9.17, 15) is 0 Å². The molecular formula is C13H22N2O. The van der Waals surface area contributed by atoms with E-state index in [2.05, 4.69) is 24.2 Å². The zero-order chi connectivity index (χ0) is 11.4. The van der Waals surface area contributed by atoms with E-state index in [-0.39, 0.29) is 0 Å². The fourth-order valence-electron chi connectivity index (χ4n) is 2.40. The summed E-state index contributed by atoms with van der Waals surface area (Å²) in [7, 11) is 2.18. The minimum atomic E-state index is 0.800. The Labute approximate surface area is 97.8 Å². The number of rotatable bonds is 4. The van der Waals surface area contributed by atoms with Crippen LogP contribution in [0.2, 0.25) is 0 Å². The molecule has 2 rings (SSSR count). The van der Waals surface area contributed by atoms with E-state index >= 15 is 0 Å². The predicted octanol–water partition coefficient (Wildman–Crippen LogP) is 2.02. The number of piperidine rings is 1. The first-order valence-electron chi connectivity index (χ1n) is 6.18. The zero-order valence-electron chi connectivity index (χ0n) is 10.3. The maximum absolute atomic E-state index is 5.47. The number of nitrogens with zero attached hydrogens (tertiary/aromatic N) is 1. The molecule has 0 bridgehead atoms. The minimum absolute atomic E-state index is 0.800. The Bertz CT molecular complexity index is 315. The summed E-state index contributed by atoms with van der Waals surface area (Å²) in [5.74, 6) is 1.90. The normalized spacial score (nSPS) is 21.6. The first-order valence-corrected chi connectivity index (χ1v) is 6.18. The molecule has 3 heteroatoms. The van der Waals surface area contributed by atoms with E-state index in [1.54, 1.807) is 6.26 Å². The maximum Gasteiger partial charge on any atom is 0.120 e. The van der Waals surface area contributed by atoms with Crippen LogP contribution < -0.4 is 5.32 Å². The molecule has 0 spiro atoms. The fraction of sp³-hybridized carbons (Fsp3) is 0.692. The molecular weight excluding hydrogens is 200 g/mol. The van der Waals surface area contributed by atoms with Gasteiger partial charge in [0, 0.05) is 6.54 Å². The summed E-state index contributed by atoms with van der Waals surface area (Å²) in [4.78, 5) is 2.36. The van der Waals surface area contributed by atoms with Crippen molar-refractivity contribution in [1.82, 2.24) is 10.2 Å². The molecule has 3 nitrogen and oxygen atoms in total. The van der Waals surface area contributed by atoms with E-state index in [0.29, 0.717) is 0 Å². The third-order valence-corrected chi connectivity index (χ3v) is 3.35. The lowest BCUT2D eigenvalue weighted by Gasteiger charge is -2.27. The second kappa shape index (κ2) is 5.51. The van der Waals surface area contributed by atoms with Crippen LogP contribution in [0.3, 0.4) is 0 Å². The van der Waals surface area contributed by atoms with Crippen LogP contribution in [-0.4, -0.2) is 31.6 Å². The number of hydrogen-bond acceptors (Lipinski definition) is 3. The SMILES string of the molecule is Cc1ccoc1CN(C)CC1CCCNC1. The number of furan rings is 1. The molecule has 0 radical (unpaired) electrons. The van der Waals surface area contributed by atoms with E-state index in [1.807, 2.05) is 6.07 Å². The van der Waals surface area contributed by atoms with Gasteiger partial charge < -0.3 is 9.73 Å². The topological polar surface area (TPSA) is 28.4 Å². The quantitative estimate of drug-likeness (QED) is 0.845. The van der Waals surface area contributed by atoms with Crippen LogP contribution >= 0.6 is 0 Å². The molecule has 16 heavy (non-hydrogen) atoms. The summed E-state index contributed by atoms with van der Waals surface area (Å²) in [5.41, 5.74) is 1.26. The molecule has 2 heterocycles. The number of hydrogen-bond donors (Lipinski definition) is 1. The van der Waals surface area contributed by atoms with Crippen molar-refractivity contribution >= 4 is 0 Å². The monoisotopic (exact) mass is 222 g/mol. The first kappa shape index (κ1) is 11.7. The molecule has 1 aliphatic rings. The minimum Gasteiger partial charge on any atom is -0.468 e. The number of aryl methyl sites for hydroxylation is 1. The molecule has 1 fully saturated rings. The van der Waals surface area contributed by atoms with Gasteiger partial charge in [-0.1, -0.05) is 0 Å². The van der Waals surface area contributed by atoms with Gasteiger partial charge in [0.05, 0.1) is 12.8 Å². The highest BCUT2D eigenvalue weighted by Gasteiger charge is 2.15. The smallest absolute Gasteiger partial charge is 0.120 e. The molecule has 1 N–H and O–H groups in total. The molecule has 90 valence electrons. The van der Waals surface area contributed by atoms with Crippen molar-refractivity contribution in [3.8, 4) is 0 Å². The van der Waals surface area contributed by atoms with Gasteiger partial charge >= 0.3 is 0 Å². The Morgan fingerprint density at radius 3 is 3.06 bits per heavy atom. The second-order valence-corrected chi connectivity index (χ2v) is 4.94. The molecule has 0 saturated carbocycles. The fourth-order valence-corrected chi connectivity index (χ4v) is 2.40. The van der Waals surface area contributed by atoms with Gasteiger partial charge in [0.2, 0.25) is 0 Å². The predicted molar refractivity (Wildman–Crippen MR) is 65.4 cm³/mol. The Kier molecular flexibility index (Phi) is 4.02. The van der Waals surface area contributed by atoms with Gasteiger partial charge in [0.15, 0.2) is 0 Å². The zero-order valence-corrected chi connectivity index (χ0v) is 10.3. The molecule has 1 unspecified atom stereocenters. The van der Waals surface area contributed by atoms with Gasteiger partial charge in [0.25, 0.3) is 0 Å². The van der Waals surface area contributed by atoms with E-state index < -0.39 is 0 Å². The van der Waals surface area contributed by atoms with Crippen LogP contribution in [0.5, 0.6) is 0 Å². The lowest BCUT2D eigenvalue weighted by Crippen LogP contribution is -2.36. The van der Waals surface area contributed by atoms with Crippen LogP contribution in [0.25, 0.3) is 0 Å². The van der Waals surface area contributed by atoms with Crippen molar-refractivity contribution < 1.29 is 4.42 Å². The molecule has 1 aromatic heterocycles. The summed E-state index contributed by atoms with van der Waals surface area (Å²) in [6.07, 6.45) is 4.45. The summed E-state index contributed by atoms with van der Waals surface area (Å²) < 4.78 is 5.47. The maximum atomic E-state index is 5.47. The van der Waals surface area contributed by atoms with Gasteiger partial charge in [-0.15, -0.1) is 0 Å². The third kappa shape index (κ3) is 3.09. The Hall–Kier alpha value is -0.800. The molecule has 0 aliphatic carbocycles. The molecule has 1 aromatic rings. The lowest BCUT2D eigenvalue weighted by atomic mass is 9.99. The molecule has 0 aromatic carbocycles. The van der Waals surface area contributed by atoms with Gasteiger partial charge in [-0.05, 0) is 57.5 Å². The summed E-state index contributed by atoms with van der Waals surface area (Å²) in [6, 6.07) is 2.03. The Balaban J connectivity index is 1.79. The van der Waals surface area contributed by atoms with Crippen LogP contribution in [0.15, 0.2) is 16.7 Å². The Morgan fingerprint density at radius 2 is 2.44 bits per heavy atom. The summed E-state index contributed by atoms with van der Waals surface area (Å²) in [5, 5.41) is 3.46. The highest BCUT2D eigenvalue weighted by Crippen LogP contribution is 2.15. The molecule has 1 atom stereocenters. The van der Waals surface area contributed by atoms with Crippen LogP contribution in [0.4, 0.5) is 0 Å². The van der Waals surface area contributed by atoms with E-state index in [0.717, 1.165) is 24.8 Å². The van der Waals surface area contributed by atoms with Crippen molar-refractivity contribution in [3.05, 3.63) is 23.7 Å². The van der Waals surface area contributed by atoms with Gasteiger partial charge in [0.1, 0.15) is 5.76 Å². The first-order chi connectivity index (χ1) is 7.75. The average Bonchev–Trinajstić information content (AvgIpc) is 2.66. The summed E-state index contributed by atoms with van der Waals surface area (Å²) in [6.45, 7) is 6.55. The van der Waals surface area contributed by atoms with Crippen molar-refractivity contribution in [2.45, 2.75) is 26.3 Å². The number of nitrogens with one attached hydrogen (secondary N) is 1. The standard InChI is InChI=1S/C13H22N2O/c1-11-5-7-16-13(11)10-15(2)9-12-4-3-6-14-8-12/h5,7,12,14H,3-4,6,8-10H2,1-2H3. The second-order valence-electron chi connectivity index (χ2n) is 4.94. The van der Waals surface area contributed by atoms with Gasteiger partial charge in [-0.3, -0.25) is 4.90 Å². The molecule has 1 aliphatic heterocycles. The highest BCUT2D eigenvalue weighted by molar-refractivity contribution is 5.14. The van der Waals surface area contributed by atoms with Crippen LogP contribution in [0, 0.1) is 12.8 Å². The average molecular weight is 222 g/mol. The van der Waals surface area contributed by atoms with Crippen LogP contribution in [-0.2, 0) is 6.54 Å². The third-order valence-electron chi connectivity index (χ3n) is 3.35.